The normalized spacial score (nSPS) is 11.6. The molecule has 0 unspecified atom stereocenters. The van der Waals surface area contributed by atoms with Gasteiger partial charge in [-0.05, 0) is 47.5 Å². The van der Waals surface area contributed by atoms with Crippen molar-refractivity contribution >= 4 is 85.2 Å². The highest BCUT2D eigenvalue weighted by Gasteiger charge is 2.28. The molecule has 0 radical (unpaired) electrons. The Hall–Kier alpha value is -5.52. The van der Waals surface area contributed by atoms with E-state index in [4.69, 9.17) is 6.57 Å². The van der Waals surface area contributed by atoms with Gasteiger partial charge in [0.15, 0.2) is 0 Å². The zero-order valence-electron chi connectivity index (χ0n) is 21.6. The zero-order valence-corrected chi connectivity index (χ0v) is 24.9. The van der Waals surface area contributed by atoms with Crippen LogP contribution in [0.1, 0.15) is 5.56 Å². The molecule has 0 aliphatic carbocycles. The second-order valence-electron chi connectivity index (χ2n) is 9.17. The van der Waals surface area contributed by atoms with Crippen molar-refractivity contribution in [1.82, 2.24) is 8.75 Å². The van der Waals surface area contributed by atoms with Gasteiger partial charge in [-0.25, -0.2) is 4.85 Å². The van der Waals surface area contributed by atoms with Gasteiger partial charge in [-0.1, -0.05) is 12.1 Å². The Morgan fingerprint density at radius 3 is 1.80 bits per heavy atom. The van der Waals surface area contributed by atoms with Crippen LogP contribution in [0.5, 0.6) is 0 Å². The van der Waals surface area contributed by atoms with Gasteiger partial charge < -0.3 is 0 Å². The van der Waals surface area contributed by atoms with Crippen LogP contribution in [0.25, 0.3) is 57.6 Å². The molecule has 210 valence electrons. The van der Waals surface area contributed by atoms with E-state index in [9.17, 15) is 25.5 Å². The van der Waals surface area contributed by atoms with Gasteiger partial charge in [0.1, 0.15) is 34.0 Å². The van der Waals surface area contributed by atoms with Crippen LogP contribution in [0.2, 0.25) is 0 Å². The maximum Gasteiger partial charge on any atom is 0.287 e. The number of nitrogens with zero attached hydrogens (tertiary/aromatic N) is 8. The predicted octanol–water partition coefficient (Wildman–Crippen LogP) is 9.45. The molecule has 0 fully saturated rings. The highest BCUT2D eigenvalue weighted by molar-refractivity contribution is 7.58. The summed E-state index contributed by atoms with van der Waals surface area (Å²) in [5.74, 6) is 0. The number of nitriles is 1. The van der Waals surface area contributed by atoms with E-state index < -0.39 is 9.85 Å². The van der Waals surface area contributed by atoms with Gasteiger partial charge in [0, 0.05) is 42.8 Å². The minimum absolute atomic E-state index is 0.00743. The summed E-state index contributed by atoms with van der Waals surface area (Å²) in [5, 5.41) is 32.3. The molecule has 6 aromatic rings. The lowest BCUT2D eigenvalue weighted by Gasteiger charge is -2.09. The summed E-state index contributed by atoms with van der Waals surface area (Å²) in [6.45, 7) is 7.22. The fourth-order valence-electron chi connectivity index (χ4n) is 4.83. The van der Waals surface area contributed by atoms with Gasteiger partial charge in [0.25, 0.3) is 17.1 Å². The number of aromatic nitrogens is 2. The van der Waals surface area contributed by atoms with E-state index >= 15 is 0 Å². The van der Waals surface area contributed by atoms with Gasteiger partial charge in [-0.2, -0.15) is 22.7 Å². The molecule has 44 heavy (non-hydrogen) atoms. The summed E-state index contributed by atoms with van der Waals surface area (Å²) < 4.78 is 18.5. The van der Waals surface area contributed by atoms with Crippen LogP contribution in [0.4, 0.5) is 28.4 Å². The van der Waals surface area contributed by atoms with Crippen molar-refractivity contribution in [2.45, 2.75) is 0 Å². The molecule has 0 N–H and O–H groups in total. The molecular weight excluding hydrogens is 641 g/mol. The van der Waals surface area contributed by atoms with E-state index in [1.807, 2.05) is 30.3 Å². The number of hydrogen-bond donors (Lipinski definition) is 0. The molecule has 0 spiro atoms. The molecule has 0 amide bonds. The van der Waals surface area contributed by atoms with Crippen molar-refractivity contribution in [1.29, 1.82) is 5.26 Å². The van der Waals surface area contributed by atoms with E-state index in [0.29, 0.717) is 33.5 Å². The maximum atomic E-state index is 11.5. The van der Waals surface area contributed by atoms with E-state index in [0.717, 1.165) is 53.7 Å². The lowest BCUT2D eigenvalue weighted by molar-refractivity contribution is -0.385. The zero-order chi connectivity index (χ0) is 30.5. The Balaban J connectivity index is 1.34. The number of fused-ring (bicyclic) bond motifs is 2. The summed E-state index contributed by atoms with van der Waals surface area (Å²) >= 11 is 4.95. The Bertz CT molecular complexity index is 2230. The Morgan fingerprint density at radius 2 is 1.27 bits per heavy atom. The first-order chi connectivity index (χ1) is 21.4. The first-order valence-electron chi connectivity index (χ1n) is 12.3. The first-order valence-corrected chi connectivity index (χ1v) is 15.4. The third-order valence-electron chi connectivity index (χ3n) is 6.81. The molecule has 1 aliphatic heterocycles. The Morgan fingerprint density at radius 1 is 0.750 bits per heavy atom. The number of hydrogen-bond acceptors (Lipinski definition) is 12. The molecule has 1 aliphatic rings. The second kappa shape index (κ2) is 10.6. The molecule has 3 aromatic heterocycles. The van der Waals surface area contributed by atoms with Gasteiger partial charge in [-0.3, -0.25) is 20.2 Å². The van der Waals surface area contributed by atoms with Gasteiger partial charge >= 0.3 is 0 Å². The molecule has 0 saturated carbocycles. The third-order valence-corrected chi connectivity index (χ3v) is 10.2. The molecule has 16 heteroatoms. The number of rotatable bonds is 6. The number of nitro groups is 2. The van der Waals surface area contributed by atoms with Crippen molar-refractivity contribution in [2.24, 2.45) is 8.73 Å². The predicted molar refractivity (Wildman–Crippen MR) is 171 cm³/mol. The van der Waals surface area contributed by atoms with Crippen molar-refractivity contribution in [2.75, 3.05) is 0 Å². The van der Waals surface area contributed by atoms with Crippen LogP contribution in [-0.2, 0) is 11.4 Å². The van der Waals surface area contributed by atoms with Crippen LogP contribution in [0, 0.1) is 38.1 Å². The molecule has 12 nitrogen and oxygen atoms in total. The van der Waals surface area contributed by atoms with Gasteiger partial charge in [0.2, 0.25) is 0 Å². The quantitative estimate of drug-likeness (QED) is 0.0982. The van der Waals surface area contributed by atoms with Crippen molar-refractivity contribution in [3.63, 3.8) is 0 Å². The van der Waals surface area contributed by atoms with Crippen molar-refractivity contribution in [3.8, 4) is 47.8 Å². The average Bonchev–Trinajstić information content (AvgIpc) is 3.86. The summed E-state index contributed by atoms with van der Waals surface area (Å²) in [7, 11) is 0. The fraction of sp³-hybridized carbons (Fsp3) is 0. The molecule has 0 atom stereocenters. The van der Waals surface area contributed by atoms with Crippen LogP contribution >= 0.6 is 34.4 Å². The number of nitro benzene ring substituents is 2. The van der Waals surface area contributed by atoms with Crippen LogP contribution < -0.4 is 0 Å². The molecule has 7 rings (SSSR count). The van der Waals surface area contributed by atoms with Crippen LogP contribution in [0.15, 0.2) is 69.4 Å². The lowest BCUT2D eigenvalue weighted by atomic mass is 10.0. The third kappa shape index (κ3) is 4.37. The highest BCUT2D eigenvalue weighted by atomic mass is 32.1. The summed E-state index contributed by atoms with van der Waals surface area (Å²) in [6.07, 6.45) is 0. The minimum atomic E-state index is -0.565. The maximum absolute atomic E-state index is 11.5. The number of thiophene rings is 2. The molecule has 3 aromatic carbocycles. The summed E-state index contributed by atoms with van der Waals surface area (Å²) in [5.41, 5.74) is 4.74. The smallest absolute Gasteiger partial charge is 0.260 e. The van der Waals surface area contributed by atoms with Crippen molar-refractivity contribution in [3.05, 3.63) is 97.9 Å². The van der Waals surface area contributed by atoms with Crippen LogP contribution in [-0.4, -0.2) is 18.6 Å². The Labute approximate surface area is 262 Å². The van der Waals surface area contributed by atoms with Gasteiger partial charge in [-0.15, -0.1) is 22.7 Å². The molecular formula is C28H10N8O4S4. The van der Waals surface area contributed by atoms with E-state index in [-0.39, 0.29) is 22.6 Å². The fourth-order valence-corrected chi connectivity index (χ4v) is 8.05. The SMILES string of the molecule is [C-]#[N+]c1ccc(-c2ccc(-c3c4c(c(-c5ccc(-c6ccc(C#N)c([N+](=O)[O-])c6)s5)c5nsnc35)N=S=N4)s2)cc1[N+](=O)[O-]. The molecule has 4 heterocycles. The standard InChI is InChI=1S/C28H10N8O4S4/c1-30-16-5-4-14(11-18(16)36(39)40)20-7-9-22(42-20)24-27-25(31-43-33-27)23(26-28(24)34-44-32-26)21-8-6-19(41-21)13-2-3-15(12-29)17(10-13)35(37)38/h2-11H. The highest BCUT2D eigenvalue weighted by Crippen LogP contribution is 2.54. The van der Waals surface area contributed by atoms with Crippen LogP contribution in [0.3, 0.4) is 0 Å². The van der Waals surface area contributed by atoms with E-state index in [1.165, 1.54) is 46.9 Å². The monoisotopic (exact) mass is 650 g/mol. The van der Waals surface area contributed by atoms with Crippen molar-refractivity contribution < 1.29 is 9.85 Å². The average molecular weight is 651 g/mol. The van der Waals surface area contributed by atoms with E-state index in [2.05, 4.69) is 22.3 Å². The largest absolute Gasteiger partial charge is 0.287 e. The second-order valence-corrected chi connectivity index (χ2v) is 12.4. The summed E-state index contributed by atoms with van der Waals surface area (Å²) in [6, 6.07) is 18.5. The molecule has 0 saturated heterocycles. The number of benzene rings is 3. The van der Waals surface area contributed by atoms with E-state index in [1.54, 1.807) is 12.1 Å². The summed E-state index contributed by atoms with van der Waals surface area (Å²) in [4.78, 5) is 28.4. The first kappa shape index (κ1) is 27.3. The topological polar surface area (TPSA) is 165 Å². The van der Waals surface area contributed by atoms with Gasteiger partial charge in [0.05, 0.1) is 39.5 Å². The Kier molecular flexibility index (Phi) is 6.60. The lowest BCUT2D eigenvalue weighted by Crippen LogP contribution is -1.92. The molecule has 0 bridgehead atoms. The minimum Gasteiger partial charge on any atom is -0.260 e.